The fraction of sp³-hybridized carbons (Fsp3) is 0.214. The minimum atomic E-state index is 0.0564. The van der Waals surface area contributed by atoms with Gasteiger partial charge in [-0.05, 0) is 34.1 Å². The normalized spacial score (nSPS) is 14.3. The van der Waals surface area contributed by atoms with Crippen molar-refractivity contribution in [2.24, 2.45) is 7.05 Å². The maximum atomic E-state index is 12.7. The Labute approximate surface area is 124 Å². The summed E-state index contributed by atoms with van der Waals surface area (Å²) in [4.78, 5) is 15.7. The topological polar surface area (TPSA) is 25.2 Å². The van der Waals surface area contributed by atoms with Crippen LogP contribution in [0.2, 0.25) is 0 Å². The van der Waals surface area contributed by atoms with Gasteiger partial charge in [0.05, 0.1) is 5.69 Å². The Hall–Kier alpha value is -1.20. The molecule has 0 N–H and O–H groups in total. The summed E-state index contributed by atoms with van der Waals surface area (Å²) in [5.74, 6) is 0.995. The van der Waals surface area contributed by atoms with Crippen molar-refractivity contribution in [3.8, 4) is 0 Å². The molecule has 0 unspecified atom stereocenters. The predicted molar refractivity (Wildman–Crippen MR) is 82.0 cm³/mol. The minimum absolute atomic E-state index is 0.0564. The number of carbonyl (C=O) groups is 1. The summed E-state index contributed by atoms with van der Waals surface area (Å²) >= 11 is 5.22. The van der Waals surface area contributed by atoms with Crippen molar-refractivity contribution < 1.29 is 4.79 Å². The number of benzene rings is 1. The summed E-state index contributed by atoms with van der Waals surface area (Å²) in [5, 5.41) is 0. The number of hydrogen-bond donors (Lipinski definition) is 0. The first kappa shape index (κ1) is 12.8. The number of fused-ring (bicyclic) bond motifs is 1. The van der Waals surface area contributed by atoms with E-state index < -0.39 is 0 Å². The number of para-hydroxylation sites is 1. The van der Waals surface area contributed by atoms with Crippen molar-refractivity contribution in [2.45, 2.75) is 4.90 Å². The number of aromatic nitrogens is 1. The number of hydrogen-bond acceptors (Lipinski definition) is 2. The SMILES string of the molecule is Cn1cc(Br)cc1C(=O)N1CCSc2ccccc21. The van der Waals surface area contributed by atoms with E-state index in [0.717, 1.165) is 22.5 Å². The first-order valence-corrected chi connectivity index (χ1v) is 7.80. The second-order valence-electron chi connectivity index (χ2n) is 4.43. The number of anilines is 1. The van der Waals surface area contributed by atoms with Gasteiger partial charge >= 0.3 is 0 Å². The van der Waals surface area contributed by atoms with Crippen LogP contribution in [0.3, 0.4) is 0 Å². The molecule has 1 aliphatic rings. The van der Waals surface area contributed by atoms with E-state index in [1.165, 1.54) is 4.90 Å². The molecule has 3 rings (SSSR count). The van der Waals surface area contributed by atoms with E-state index >= 15 is 0 Å². The van der Waals surface area contributed by atoms with E-state index in [4.69, 9.17) is 0 Å². The van der Waals surface area contributed by atoms with Crippen LogP contribution < -0.4 is 4.90 Å². The van der Waals surface area contributed by atoms with Crippen LogP contribution in [0.15, 0.2) is 45.9 Å². The Morgan fingerprint density at radius 2 is 2.16 bits per heavy atom. The molecule has 3 nitrogen and oxygen atoms in total. The Balaban J connectivity index is 2.00. The van der Waals surface area contributed by atoms with E-state index in [9.17, 15) is 4.79 Å². The number of thioether (sulfide) groups is 1. The predicted octanol–water partition coefficient (Wildman–Crippen LogP) is 3.54. The highest BCUT2D eigenvalue weighted by atomic mass is 79.9. The molecule has 0 radical (unpaired) electrons. The molecule has 2 aromatic rings. The molecular formula is C14H13BrN2OS. The summed E-state index contributed by atoms with van der Waals surface area (Å²) in [6, 6.07) is 9.94. The van der Waals surface area contributed by atoms with E-state index in [1.807, 2.05) is 47.0 Å². The molecular weight excluding hydrogens is 324 g/mol. The lowest BCUT2D eigenvalue weighted by Crippen LogP contribution is -2.36. The van der Waals surface area contributed by atoms with Gasteiger partial charge in [-0.2, -0.15) is 0 Å². The number of amides is 1. The summed E-state index contributed by atoms with van der Waals surface area (Å²) in [6.07, 6.45) is 1.90. The zero-order valence-electron chi connectivity index (χ0n) is 10.5. The summed E-state index contributed by atoms with van der Waals surface area (Å²) in [7, 11) is 1.89. The van der Waals surface area contributed by atoms with Gasteiger partial charge in [0.1, 0.15) is 5.69 Å². The molecule has 0 atom stereocenters. The van der Waals surface area contributed by atoms with Crippen molar-refractivity contribution in [2.75, 3.05) is 17.2 Å². The molecule has 0 bridgehead atoms. The fourth-order valence-electron chi connectivity index (χ4n) is 2.26. The first-order chi connectivity index (χ1) is 9.16. The second-order valence-corrected chi connectivity index (χ2v) is 6.48. The summed E-state index contributed by atoms with van der Waals surface area (Å²) < 4.78 is 2.79. The van der Waals surface area contributed by atoms with Crippen LogP contribution in [0.25, 0.3) is 0 Å². The third-order valence-corrected chi connectivity index (χ3v) is 4.64. The first-order valence-electron chi connectivity index (χ1n) is 6.02. The van der Waals surface area contributed by atoms with Gasteiger partial charge in [0.25, 0.3) is 5.91 Å². The quantitative estimate of drug-likeness (QED) is 0.795. The largest absolute Gasteiger partial charge is 0.345 e. The second kappa shape index (κ2) is 5.06. The molecule has 1 aromatic heterocycles. The highest BCUT2D eigenvalue weighted by Crippen LogP contribution is 2.35. The van der Waals surface area contributed by atoms with Gasteiger partial charge in [-0.25, -0.2) is 0 Å². The van der Waals surface area contributed by atoms with Crippen molar-refractivity contribution >= 4 is 39.3 Å². The van der Waals surface area contributed by atoms with Crippen molar-refractivity contribution in [3.63, 3.8) is 0 Å². The Bertz CT molecular complexity index is 638. The van der Waals surface area contributed by atoms with Crippen LogP contribution in [0.5, 0.6) is 0 Å². The van der Waals surface area contributed by atoms with Gasteiger partial charge in [-0.15, -0.1) is 11.8 Å². The third kappa shape index (κ3) is 2.32. The van der Waals surface area contributed by atoms with Gasteiger partial charge in [0.2, 0.25) is 0 Å². The molecule has 0 saturated carbocycles. The van der Waals surface area contributed by atoms with Crippen LogP contribution in [0.1, 0.15) is 10.5 Å². The third-order valence-electron chi connectivity index (χ3n) is 3.16. The molecule has 19 heavy (non-hydrogen) atoms. The average Bonchev–Trinajstić information content (AvgIpc) is 2.76. The Kier molecular flexibility index (Phi) is 3.41. The van der Waals surface area contributed by atoms with Gasteiger partial charge in [0, 0.05) is 34.9 Å². The van der Waals surface area contributed by atoms with Crippen LogP contribution >= 0.6 is 27.7 Å². The van der Waals surface area contributed by atoms with Crippen LogP contribution in [-0.4, -0.2) is 22.8 Å². The van der Waals surface area contributed by atoms with Gasteiger partial charge < -0.3 is 9.47 Å². The van der Waals surface area contributed by atoms with Gasteiger partial charge in [-0.1, -0.05) is 12.1 Å². The monoisotopic (exact) mass is 336 g/mol. The zero-order chi connectivity index (χ0) is 13.4. The Morgan fingerprint density at radius 3 is 2.89 bits per heavy atom. The van der Waals surface area contributed by atoms with E-state index in [0.29, 0.717) is 5.69 Å². The standard InChI is InChI=1S/C14H13BrN2OS/c1-16-9-10(15)8-12(16)14(18)17-6-7-19-13-5-3-2-4-11(13)17/h2-5,8-9H,6-7H2,1H3. The molecule has 1 aliphatic heterocycles. The smallest absolute Gasteiger partial charge is 0.274 e. The van der Waals surface area contributed by atoms with E-state index in [-0.39, 0.29) is 5.91 Å². The average molecular weight is 337 g/mol. The zero-order valence-corrected chi connectivity index (χ0v) is 12.9. The maximum Gasteiger partial charge on any atom is 0.274 e. The molecule has 0 spiro atoms. The molecule has 0 aliphatic carbocycles. The summed E-state index contributed by atoms with van der Waals surface area (Å²) in [6.45, 7) is 0.753. The number of rotatable bonds is 1. The molecule has 1 aromatic carbocycles. The number of aryl methyl sites for hydroxylation is 1. The van der Waals surface area contributed by atoms with Gasteiger partial charge in [0.15, 0.2) is 0 Å². The lowest BCUT2D eigenvalue weighted by molar-refractivity contribution is 0.0980. The highest BCUT2D eigenvalue weighted by molar-refractivity contribution is 9.10. The van der Waals surface area contributed by atoms with Crippen molar-refractivity contribution in [1.82, 2.24) is 4.57 Å². The van der Waals surface area contributed by atoms with E-state index in [1.54, 1.807) is 11.8 Å². The molecule has 0 saturated heterocycles. The number of nitrogens with zero attached hydrogens (tertiary/aromatic N) is 2. The Morgan fingerprint density at radius 1 is 1.37 bits per heavy atom. The highest BCUT2D eigenvalue weighted by Gasteiger charge is 2.25. The molecule has 1 amide bonds. The number of carbonyl (C=O) groups excluding carboxylic acids is 1. The van der Waals surface area contributed by atoms with Gasteiger partial charge in [-0.3, -0.25) is 4.79 Å². The molecule has 5 heteroatoms. The summed E-state index contributed by atoms with van der Waals surface area (Å²) in [5.41, 5.74) is 1.72. The minimum Gasteiger partial charge on any atom is -0.345 e. The molecule has 98 valence electrons. The lowest BCUT2D eigenvalue weighted by atomic mass is 10.2. The molecule has 0 fully saturated rings. The lowest BCUT2D eigenvalue weighted by Gasteiger charge is -2.29. The van der Waals surface area contributed by atoms with Crippen LogP contribution in [0.4, 0.5) is 5.69 Å². The van der Waals surface area contributed by atoms with Crippen LogP contribution in [0, 0.1) is 0 Å². The fourth-order valence-corrected chi connectivity index (χ4v) is 3.77. The van der Waals surface area contributed by atoms with E-state index in [2.05, 4.69) is 22.0 Å². The van der Waals surface area contributed by atoms with Crippen LogP contribution in [-0.2, 0) is 7.05 Å². The molecule has 2 heterocycles. The van der Waals surface area contributed by atoms with Crippen molar-refractivity contribution in [3.05, 3.63) is 46.7 Å². The maximum absolute atomic E-state index is 12.7. The number of halogens is 1. The van der Waals surface area contributed by atoms with Crippen molar-refractivity contribution in [1.29, 1.82) is 0 Å².